The Hall–Kier alpha value is -1.30. The van der Waals surface area contributed by atoms with Gasteiger partial charge in [-0.3, -0.25) is 4.79 Å². The van der Waals surface area contributed by atoms with Gasteiger partial charge >= 0.3 is 0 Å². The van der Waals surface area contributed by atoms with Crippen LogP contribution in [0.15, 0.2) is 18.2 Å². The minimum atomic E-state index is -0.179. The number of hydrogen-bond donors (Lipinski definition) is 3. The van der Waals surface area contributed by atoms with Crippen LogP contribution in [0.1, 0.15) is 29.4 Å². The molecular weight excluding hydrogens is 308 g/mol. The highest BCUT2D eigenvalue weighted by Gasteiger charge is 2.18. The van der Waals surface area contributed by atoms with Gasteiger partial charge in [-0.05, 0) is 24.5 Å². The number of carbonyl (C=O) groups excluding carboxylic acids is 1. The van der Waals surface area contributed by atoms with E-state index in [9.17, 15) is 4.79 Å². The highest BCUT2D eigenvalue weighted by atomic mass is 35.5. The fraction of sp³-hybridized carbons (Fsp3) is 0.400. The molecule has 0 aliphatic heterocycles. The van der Waals surface area contributed by atoms with Crippen molar-refractivity contribution in [2.45, 2.75) is 19.8 Å². The second kappa shape index (κ2) is 7.11. The van der Waals surface area contributed by atoms with Crippen LogP contribution in [0.4, 0.5) is 5.69 Å². The number of nitrogen functional groups attached to an aromatic ring is 1. The van der Waals surface area contributed by atoms with Crippen molar-refractivity contribution >= 4 is 44.6 Å². The molecule has 0 saturated heterocycles. The van der Waals surface area contributed by atoms with Crippen LogP contribution in [0.3, 0.4) is 0 Å². The Balaban J connectivity index is 2.16. The van der Waals surface area contributed by atoms with Crippen LogP contribution in [-0.4, -0.2) is 24.2 Å². The van der Waals surface area contributed by atoms with E-state index in [-0.39, 0.29) is 18.4 Å². The summed E-state index contributed by atoms with van der Waals surface area (Å²) in [5.74, 6) is 0.0966. The average Bonchev–Trinajstić information content (AvgIpc) is 2.81. The van der Waals surface area contributed by atoms with E-state index in [4.69, 9.17) is 22.4 Å². The van der Waals surface area contributed by atoms with E-state index in [2.05, 4.69) is 5.32 Å². The first-order chi connectivity index (χ1) is 10.1. The van der Waals surface area contributed by atoms with Gasteiger partial charge in [-0.1, -0.05) is 31.0 Å². The van der Waals surface area contributed by atoms with Gasteiger partial charge in [0.15, 0.2) is 0 Å². The Kier molecular flexibility index (Phi) is 5.45. The zero-order valence-electron chi connectivity index (χ0n) is 11.9. The van der Waals surface area contributed by atoms with Crippen LogP contribution in [-0.2, 0) is 0 Å². The minimum absolute atomic E-state index is 0.134. The molecule has 21 heavy (non-hydrogen) atoms. The van der Waals surface area contributed by atoms with Crippen molar-refractivity contribution in [3.8, 4) is 0 Å². The molecule has 0 saturated carbocycles. The number of nitrogens with two attached hydrogens (primary N) is 1. The molecule has 0 spiro atoms. The maximum atomic E-state index is 12.3. The molecule has 6 heteroatoms. The predicted molar refractivity (Wildman–Crippen MR) is 89.1 cm³/mol. The van der Waals surface area contributed by atoms with Gasteiger partial charge in [0.25, 0.3) is 5.91 Å². The summed E-state index contributed by atoms with van der Waals surface area (Å²) < 4.78 is 0.910. The maximum Gasteiger partial charge on any atom is 0.263 e. The Morgan fingerprint density at radius 3 is 2.90 bits per heavy atom. The summed E-state index contributed by atoms with van der Waals surface area (Å²) in [5.41, 5.74) is 6.50. The van der Waals surface area contributed by atoms with Crippen molar-refractivity contribution in [3.05, 3.63) is 28.1 Å². The van der Waals surface area contributed by atoms with E-state index in [1.165, 1.54) is 11.3 Å². The predicted octanol–water partition coefficient (Wildman–Crippen LogP) is 3.28. The van der Waals surface area contributed by atoms with Crippen LogP contribution < -0.4 is 11.1 Å². The topological polar surface area (TPSA) is 75.3 Å². The van der Waals surface area contributed by atoms with Crippen molar-refractivity contribution in [3.63, 3.8) is 0 Å². The van der Waals surface area contributed by atoms with Gasteiger partial charge in [0.1, 0.15) is 4.88 Å². The number of benzene rings is 1. The van der Waals surface area contributed by atoms with Crippen LogP contribution in [0.5, 0.6) is 0 Å². The second-order valence-corrected chi connectivity index (χ2v) is 6.41. The number of hydrogen-bond acceptors (Lipinski definition) is 4. The maximum absolute atomic E-state index is 12.3. The molecule has 0 bridgehead atoms. The van der Waals surface area contributed by atoms with Gasteiger partial charge in [0, 0.05) is 23.2 Å². The summed E-state index contributed by atoms with van der Waals surface area (Å²) in [7, 11) is 0. The first-order valence-corrected chi connectivity index (χ1v) is 8.13. The lowest BCUT2D eigenvalue weighted by Gasteiger charge is -2.13. The van der Waals surface area contributed by atoms with Crippen molar-refractivity contribution in [2.24, 2.45) is 5.92 Å². The average molecular weight is 327 g/mol. The smallest absolute Gasteiger partial charge is 0.263 e. The van der Waals surface area contributed by atoms with E-state index in [0.717, 1.165) is 16.5 Å². The lowest BCUT2D eigenvalue weighted by molar-refractivity contribution is 0.0948. The molecule has 1 unspecified atom stereocenters. The standard InChI is InChI=1S/C15H19ClN2O2S/c1-2-9(6-7-19)8-18-15(20)14-13(17)12-10(16)4-3-5-11(12)21-14/h3-5,9,19H,2,6-8,17H2,1H3,(H,18,20). The number of anilines is 1. The van der Waals surface area contributed by atoms with Crippen molar-refractivity contribution in [1.82, 2.24) is 5.32 Å². The fourth-order valence-corrected chi connectivity index (χ4v) is 3.65. The highest BCUT2D eigenvalue weighted by Crippen LogP contribution is 2.37. The number of aliphatic hydroxyl groups excluding tert-OH is 1. The zero-order chi connectivity index (χ0) is 15.4. The van der Waals surface area contributed by atoms with Crippen LogP contribution >= 0.6 is 22.9 Å². The third-order valence-electron chi connectivity index (χ3n) is 3.57. The van der Waals surface area contributed by atoms with Gasteiger partial charge in [0.2, 0.25) is 0 Å². The molecule has 1 amide bonds. The zero-order valence-corrected chi connectivity index (χ0v) is 13.4. The molecule has 1 atom stereocenters. The third kappa shape index (κ3) is 3.48. The Morgan fingerprint density at radius 1 is 1.52 bits per heavy atom. The fourth-order valence-electron chi connectivity index (χ4n) is 2.25. The largest absolute Gasteiger partial charge is 0.397 e. The second-order valence-electron chi connectivity index (χ2n) is 4.95. The van der Waals surface area contributed by atoms with Gasteiger partial charge in [0.05, 0.1) is 10.7 Å². The summed E-state index contributed by atoms with van der Waals surface area (Å²) in [6, 6.07) is 5.51. The number of halogens is 1. The Morgan fingerprint density at radius 2 is 2.29 bits per heavy atom. The Bertz CT molecular complexity index is 642. The minimum Gasteiger partial charge on any atom is -0.397 e. The van der Waals surface area contributed by atoms with E-state index in [1.807, 2.05) is 19.1 Å². The number of thiophene rings is 1. The van der Waals surface area contributed by atoms with Crippen molar-refractivity contribution in [1.29, 1.82) is 0 Å². The number of fused-ring (bicyclic) bond motifs is 1. The molecule has 2 aromatic rings. The number of rotatable bonds is 6. The molecule has 1 aromatic heterocycles. The molecule has 0 fully saturated rings. The summed E-state index contributed by atoms with van der Waals surface area (Å²) in [4.78, 5) is 12.8. The molecule has 2 rings (SSSR count). The number of aliphatic hydroxyl groups is 1. The van der Waals surface area contributed by atoms with Crippen molar-refractivity contribution in [2.75, 3.05) is 18.9 Å². The molecule has 4 nitrogen and oxygen atoms in total. The molecule has 0 aliphatic carbocycles. The van der Waals surface area contributed by atoms with Crippen LogP contribution in [0.25, 0.3) is 10.1 Å². The van der Waals surface area contributed by atoms with Gasteiger partial charge in [-0.15, -0.1) is 11.3 Å². The molecule has 0 radical (unpaired) electrons. The summed E-state index contributed by atoms with van der Waals surface area (Å²) in [6.07, 6.45) is 1.60. The molecule has 1 aromatic carbocycles. The first-order valence-electron chi connectivity index (χ1n) is 6.94. The lowest BCUT2D eigenvalue weighted by Crippen LogP contribution is -2.29. The first kappa shape index (κ1) is 16.1. The number of carbonyl (C=O) groups is 1. The SMILES string of the molecule is CCC(CCO)CNC(=O)c1sc2cccc(Cl)c2c1N. The van der Waals surface area contributed by atoms with E-state index >= 15 is 0 Å². The van der Waals surface area contributed by atoms with Gasteiger partial charge in [-0.25, -0.2) is 0 Å². The van der Waals surface area contributed by atoms with Crippen LogP contribution in [0.2, 0.25) is 5.02 Å². The normalized spacial score (nSPS) is 12.5. The molecule has 114 valence electrons. The number of nitrogens with one attached hydrogen (secondary N) is 1. The summed E-state index contributed by atoms with van der Waals surface area (Å²) in [6.45, 7) is 2.71. The molecule has 0 aliphatic rings. The van der Waals surface area contributed by atoms with Gasteiger partial charge in [-0.2, -0.15) is 0 Å². The van der Waals surface area contributed by atoms with E-state index < -0.39 is 0 Å². The summed E-state index contributed by atoms with van der Waals surface area (Å²) >= 11 is 7.49. The molecule has 4 N–H and O–H groups in total. The monoisotopic (exact) mass is 326 g/mol. The lowest BCUT2D eigenvalue weighted by atomic mass is 10.0. The third-order valence-corrected chi connectivity index (χ3v) is 5.06. The van der Waals surface area contributed by atoms with Crippen molar-refractivity contribution < 1.29 is 9.90 Å². The quantitative estimate of drug-likeness (QED) is 0.762. The number of amides is 1. The van der Waals surface area contributed by atoms with Crippen LogP contribution in [0, 0.1) is 5.92 Å². The summed E-state index contributed by atoms with van der Waals surface area (Å²) in [5, 5.41) is 13.2. The highest BCUT2D eigenvalue weighted by molar-refractivity contribution is 7.21. The van der Waals surface area contributed by atoms with E-state index in [1.54, 1.807) is 6.07 Å². The Labute approximate surface area is 132 Å². The molecular formula is C15H19ClN2O2S. The van der Waals surface area contributed by atoms with Gasteiger partial charge < -0.3 is 16.2 Å². The molecule has 1 heterocycles. The van der Waals surface area contributed by atoms with E-state index in [0.29, 0.717) is 28.6 Å².